The van der Waals surface area contributed by atoms with Crippen molar-refractivity contribution in [3.05, 3.63) is 60.8 Å². The van der Waals surface area contributed by atoms with Gasteiger partial charge in [0.1, 0.15) is 73.2 Å². The topological polar surface area (TPSA) is 307 Å². The van der Waals surface area contributed by atoms with Crippen molar-refractivity contribution in [1.29, 1.82) is 0 Å². The normalized spacial score (nSPS) is 26.5. The third kappa shape index (κ3) is 42.9. The molecule has 0 aromatic carbocycles. The molecule has 3 rings (SSSR count). The second-order valence-corrected chi connectivity index (χ2v) is 29.6. The number of aliphatic hydroxyl groups is 11. The maximum absolute atomic E-state index is 13.5. The highest BCUT2D eigenvalue weighted by atomic mass is 16.8. The molecule has 0 aliphatic carbocycles. The molecule has 3 aliphatic heterocycles. The summed E-state index contributed by atoms with van der Waals surface area (Å²) in [7, 11) is 0. The number of rotatable bonds is 66. The molecule has 0 aromatic heterocycles. The van der Waals surface area contributed by atoms with Crippen molar-refractivity contribution in [2.75, 3.05) is 26.4 Å². The summed E-state index contributed by atoms with van der Waals surface area (Å²) in [6.45, 7) is 1.74. The lowest BCUT2D eigenvalue weighted by Crippen LogP contribution is -2.66. The monoisotopic (exact) mass is 1450 g/mol. The van der Waals surface area contributed by atoms with Gasteiger partial charge in [-0.3, -0.25) is 4.79 Å². The smallest absolute Gasteiger partial charge is 0.220 e. The lowest BCUT2D eigenvalue weighted by molar-refractivity contribution is -0.379. The second-order valence-electron chi connectivity index (χ2n) is 29.6. The molecule has 596 valence electrons. The van der Waals surface area contributed by atoms with Gasteiger partial charge < -0.3 is 89.9 Å². The van der Waals surface area contributed by atoms with Crippen molar-refractivity contribution < 1.29 is 89.4 Å². The first-order valence-electron chi connectivity index (χ1n) is 41.5. The Hall–Kier alpha value is -2.51. The minimum Gasteiger partial charge on any atom is -0.394 e. The number of carbonyl (C=O) groups excluding carboxylic acids is 1. The third-order valence-corrected chi connectivity index (χ3v) is 20.5. The van der Waals surface area contributed by atoms with Gasteiger partial charge in [0, 0.05) is 6.42 Å². The van der Waals surface area contributed by atoms with E-state index >= 15 is 0 Å². The molecule has 1 amide bonds. The standard InChI is InChI=1S/C83H151NO18/c1-3-5-7-9-11-13-15-17-19-21-23-25-27-29-30-31-32-33-34-35-37-38-40-42-44-46-48-50-52-54-56-58-60-67(88)66(84-71(89)61-59-57-55-53-51-49-47-45-43-41-39-36-28-26-24-22-20-18-16-14-12-10-8-6-4-2)65-97-81-77(95)74(92)79(69(63-86)99-81)102-83-78(96)75(93)80(70(64-87)100-83)101-82-76(94)73(91)72(90)68(62-85)98-82/h16,18,22,24,42,44,50,52,58,60,66-70,72-83,85-88,90-96H,3-15,17,19-21,23,25-41,43,45-49,51,53-57,59,61-65H2,1-2H3,(H,84,89)/b18-16-,24-22-,44-42+,52-50+,60-58+. The fourth-order valence-electron chi connectivity index (χ4n) is 13.8. The van der Waals surface area contributed by atoms with Gasteiger partial charge >= 0.3 is 0 Å². The van der Waals surface area contributed by atoms with Gasteiger partial charge in [-0.1, -0.05) is 306 Å². The van der Waals surface area contributed by atoms with Crippen LogP contribution in [-0.2, 0) is 33.2 Å². The van der Waals surface area contributed by atoms with Gasteiger partial charge in [0.15, 0.2) is 18.9 Å². The minimum absolute atomic E-state index is 0.230. The third-order valence-electron chi connectivity index (χ3n) is 20.5. The van der Waals surface area contributed by atoms with Crippen LogP contribution in [0.15, 0.2) is 60.8 Å². The van der Waals surface area contributed by atoms with Crippen LogP contribution >= 0.6 is 0 Å². The number of aliphatic hydroxyl groups excluding tert-OH is 11. The van der Waals surface area contributed by atoms with Crippen molar-refractivity contribution in [1.82, 2.24) is 5.32 Å². The van der Waals surface area contributed by atoms with Gasteiger partial charge in [0.25, 0.3) is 0 Å². The highest BCUT2D eigenvalue weighted by molar-refractivity contribution is 5.76. The second kappa shape index (κ2) is 63.4. The summed E-state index contributed by atoms with van der Waals surface area (Å²) in [5, 5.41) is 121. The molecule has 17 atom stereocenters. The van der Waals surface area contributed by atoms with Crippen molar-refractivity contribution in [3.63, 3.8) is 0 Å². The number of hydrogen-bond acceptors (Lipinski definition) is 18. The molecular weight excluding hydrogens is 1300 g/mol. The summed E-state index contributed by atoms with van der Waals surface area (Å²) in [6, 6.07) is -1.00. The molecular formula is C83H151NO18. The van der Waals surface area contributed by atoms with E-state index < -0.39 is 124 Å². The van der Waals surface area contributed by atoms with E-state index in [9.17, 15) is 61.0 Å². The summed E-state index contributed by atoms with van der Waals surface area (Å²) in [6.07, 6.45) is 55.0. The summed E-state index contributed by atoms with van der Waals surface area (Å²) in [4.78, 5) is 13.5. The average Bonchev–Trinajstić information content (AvgIpc) is 0.781. The van der Waals surface area contributed by atoms with Gasteiger partial charge in [-0.05, 0) is 77.0 Å². The number of carbonyl (C=O) groups is 1. The van der Waals surface area contributed by atoms with E-state index in [2.05, 4.69) is 67.8 Å². The van der Waals surface area contributed by atoms with Gasteiger partial charge in [0.2, 0.25) is 5.91 Å². The molecule has 3 heterocycles. The highest BCUT2D eigenvalue weighted by Crippen LogP contribution is 2.33. The molecule has 0 aromatic rings. The predicted octanol–water partition coefficient (Wildman–Crippen LogP) is 14.2. The Morgan fingerprint density at radius 3 is 1.04 bits per heavy atom. The molecule has 12 N–H and O–H groups in total. The van der Waals surface area contributed by atoms with Crippen LogP contribution in [0.1, 0.15) is 328 Å². The van der Waals surface area contributed by atoms with Crippen LogP contribution in [0, 0.1) is 0 Å². The summed E-state index contributed by atoms with van der Waals surface area (Å²) < 4.78 is 34.4. The van der Waals surface area contributed by atoms with Crippen molar-refractivity contribution in [2.24, 2.45) is 0 Å². The predicted molar refractivity (Wildman–Crippen MR) is 406 cm³/mol. The van der Waals surface area contributed by atoms with Crippen LogP contribution in [0.25, 0.3) is 0 Å². The fraction of sp³-hybridized carbons (Fsp3) is 0.867. The van der Waals surface area contributed by atoms with Crippen molar-refractivity contribution in [3.8, 4) is 0 Å². The van der Waals surface area contributed by atoms with Gasteiger partial charge in [-0.2, -0.15) is 0 Å². The molecule has 102 heavy (non-hydrogen) atoms. The van der Waals surface area contributed by atoms with E-state index in [0.717, 1.165) is 51.4 Å². The summed E-state index contributed by atoms with van der Waals surface area (Å²) in [5.41, 5.74) is 0. The van der Waals surface area contributed by atoms with E-state index in [1.165, 1.54) is 244 Å². The van der Waals surface area contributed by atoms with Crippen LogP contribution in [-0.4, -0.2) is 193 Å². The number of ether oxygens (including phenoxy) is 6. The Kier molecular flexibility index (Phi) is 58.3. The SMILES string of the molecule is CCCCCCC/C=C\C/C=C\CCCCCCCCCCCCCCCC(=O)NC(COC1OC(CO)C(OC2OC(CO)C(OC3OC(CO)C(O)C(O)C3O)C(O)C2O)C(O)C1O)C(O)/C=C/CC/C=C/CC/C=C/CCCCCCCCCCCCCCCCCCCCCCCC. The zero-order valence-corrected chi connectivity index (χ0v) is 63.8. The molecule has 3 saturated heterocycles. The Morgan fingerprint density at radius 1 is 0.353 bits per heavy atom. The molecule has 3 fully saturated rings. The molecule has 0 spiro atoms. The van der Waals surface area contributed by atoms with Crippen LogP contribution in [0.2, 0.25) is 0 Å². The first-order chi connectivity index (χ1) is 49.8. The fourth-order valence-corrected chi connectivity index (χ4v) is 13.8. The zero-order chi connectivity index (χ0) is 73.9. The summed E-state index contributed by atoms with van der Waals surface area (Å²) in [5.74, 6) is -0.288. The Bertz CT molecular complexity index is 2080. The van der Waals surface area contributed by atoms with E-state index in [0.29, 0.717) is 12.8 Å². The molecule has 0 radical (unpaired) electrons. The van der Waals surface area contributed by atoms with Crippen LogP contribution in [0.4, 0.5) is 0 Å². The summed E-state index contributed by atoms with van der Waals surface area (Å²) >= 11 is 0. The lowest BCUT2D eigenvalue weighted by Gasteiger charge is -2.48. The Balaban J connectivity index is 1.38. The maximum Gasteiger partial charge on any atom is 0.220 e. The molecule has 0 saturated carbocycles. The molecule has 3 aliphatic rings. The Morgan fingerprint density at radius 2 is 0.657 bits per heavy atom. The maximum atomic E-state index is 13.5. The number of allylic oxidation sites excluding steroid dienone is 9. The van der Waals surface area contributed by atoms with Crippen molar-refractivity contribution >= 4 is 5.91 Å². The molecule has 0 bridgehead atoms. The first kappa shape index (κ1) is 93.7. The Labute approximate surface area is 617 Å². The molecule has 19 nitrogen and oxygen atoms in total. The van der Waals surface area contributed by atoms with Crippen molar-refractivity contribution in [2.45, 2.75) is 433 Å². The van der Waals surface area contributed by atoms with Gasteiger partial charge in [-0.15, -0.1) is 0 Å². The number of unbranched alkanes of at least 4 members (excludes halogenated alkanes) is 42. The van der Waals surface area contributed by atoms with E-state index in [-0.39, 0.29) is 18.9 Å². The minimum atomic E-state index is -1.99. The largest absolute Gasteiger partial charge is 0.394 e. The quantitative estimate of drug-likeness (QED) is 0.0199. The first-order valence-corrected chi connectivity index (χ1v) is 41.5. The number of nitrogens with one attached hydrogen (secondary N) is 1. The van der Waals surface area contributed by atoms with Gasteiger partial charge in [-0.25, -0.2) is 0 Å². The van der Waals surface area contributed by atoms with E-state index in [4.69, 9.17) is 28.4 Å². The highest BCUT2D eigenvalue weighted by Gasteiger charge is 2.54. The number of amides is 1. The number of hydrogen-bond donors (Lipinski definition) is 12. The molecule has 19 heteroatoms. The van der Waals surface area contributed by atoms with E-state index in [1.807, 2.05) is 6.08 Å². The average molecular weight is 1450 g/mol. The van der Waals surface area contributed by atoms with E-state index in [1.54, 1.807) is 6.08 Å². The van der Waals surface area contributed by atoms with Crippen LogP contribution < -0.4 is 5.32 Å². The lowest BCUT2D eigenvalue weighted by atomic mass is 9.96. The zero-order valence-electron chi connectivity index (χ0n) is 63.8. The van der Waals surface area contributed by atoms with Gasteiger partial charge in [0.05, 0.1) is 38.6 Å². The molecule has 17 unspecified atom stereocenters. The van der Waals surface area contributed by atoms with Crippen LogP contribution in [0.3, 0.4) is 0 Å². The van der Waals surface area contributed by atoms with Crippen LogP contribution in [0.5, 0.6) is 0 Å².